The largest absolute Gasteiger partial charge is 0.493 e. The quantitative estimate of drug-likeness (QED) is 0.638. The van der Waals surface area contributed by atoms with E-state index in [0.717, 1.165) is 10.0 Å². The Kier molecular flexibility index (Phi) is 7.30. The van der Waals surface area contributed by atoms with E-state index in [-0.39, 0.29) is 13.2 Å². The van der Waals surface area contributed by atoms with Gasteiger partial charge in [0.15, 0.2) is 11.5 Å². The summed E-state index contributed by atoms with van der Waals surface area (Å²) in [5.74, 6) is 0.603. The van der Waals surface area contributed by atoms with Gasteiger partial charge in [-0.05, 0) is 29.8 Å². The van der Waals surface area contributed by atoms with Crippen molar-refractivity contribution in [2.45, 2.75) is 13.2 Å². The third kappa shape index (κ3) is 4.83. The number of hydrogen-bond acceptors (Lipinski definition) is 4. The molecule has 0 atom stereocenters. The van der Waals surface area contributed by atoms with Gasteiger partial charge in [-0.2, -0.15) is 0 Å². The lowest BCUT2D eigenvalue weighted by Crippen LogP contribution is -2.17. The Morgan fingerprint density at radius 1 is 1.29 bits per heavy atom. The molecule has 0 aliphatic rings. The fourth-order valence-electron chi connectivity index (χ4n) is 2.11. The molecular formula is C17H18BrClFNO3. The van der Waals surface area contributed by atoms with Crippen molar-refractivity contribution in [2.75, 3.05) is 20.3 Å². The Balaban J connectivity index is 2.16. The minimum absolute atomic E-state index is 0.00356. The number of hydrogen-bond donors (Lipinski definition) is 2. The van der Waals surface area contributed by atoms with Gasteiger partial charge < -0.3 is 19.9 Å². The smallest absolute Gasteiger partial charge is 0.162 e. The molecule has 2 aromatic carbocycles. The number of halogens is 3. The van der Waals surface area contributed by atoms with E-state index in [9.17, 15) is 4.39 Å². The van der Waals surface area contributed by atoms with E-state index in [2.05, 4.69) is 21.2 Å². The van der Waals surface area contributed by atoms with Crippen LogP contribution in [0.1, 0.15) is 11.1 Å². The van der Waals surface area contributed by atoms with E-state index in [1.807, 2.05) is 6.07 Å². The summed E-state index contributed by atoms with van der Waals surface area (Å²) in [7, 11) is 1.54. The number of ether oxygens (including phenoxy) is 2. The van der Waals surface area contributed by atoms with Crippen molar-refractivity contribution in [1.29, 1.82) is 0 Å². The summed E-state index contributed by atoms with van der Waals surface area (Å²) in [5, 5.41) is 12.2. The van der Waals surface area contributed by atoms with Crippen molar-refractivity contribution in [1.82, 2.24) is 5.32 Å². The van der Waals surface area contributed by atoms with Gasteiger partial charge in [0.2, 0.25) is 0 Å². The number of aliphatic hydroxyl groups excluding tert-OH is 1. The number of aliphatic hydroxyl groups is 1. The van der Waals surface area contributed by atoms with Crippen LogP contribution < -0.4 is 14.8 Å². The van der Waals surface area contributed by atoms with Crippen LogP contribution in [0, 0.1) is 5.82 Å². The Morgan fingerprint density at radius 2 is 2.08 bits per heavy atom. The van der Waals surface area contributed by atoms with Crippen molar-refractivity contribution < 1.29 is 19.0 Å². The highest BCUT2D eigenvalue weighted by atomic mass is 79.9. The predicted molar refractivity (Wildman–Crippen MR) is 95.2 cm³/mol. The lowest BCUT2D eigenvalue weighted by Gasteiger charge is -2.15. The van der Waals surface area contributed by atoms with Crippen molar-refractivity contribution >= 4 is 27.5 Å². The fraction of sp³-hybridized carbons (Fsp3) is 0.294. The van der Waals surface area contributed by atoms with E-state index < -0.39 is 5.82 Å². The highest BCUT2D eigenvalue weighted by Crippen LogP contribution is 2.34. The van der Waals surface area contributed by atoms with Crippen LogP contribution in [0.15, 0.2) is 34.8 Å². The SMILES string of the molecule is COc1cc(CNCCO)c(Br)cc1OCc1c(F)cccc1Cl. The summed E-state index contributed by atoms with van der Waals surface area (Å²) in [6.45, 7) is 1.13. The first-order valence-electron chi connectivity index (χ1n) is 7.30. The first-order valence-corrected chi connectivity index (χ1v) is 8.47. The Morgan fingerprint density at radius 3 is 2.75 bits per heavy atom. The van der Waals surface area contributed by atoms with Crippen LogP contribution in [-0.4, -0.2) is 25.4 Å². The van der Waals surface area contributed by atoms with Crippen molar-refractivity contribution in [3.05, 3.63) is 56.8 Å². The molecule has 2 rings (SSSR count). The molecule has 0 aromatic heterocycles. The first kappa shape index (κ1) is 19.0. The fourth-order valence-corrected chi connectivity index (χ4v) is 2.79. The molecule has 0 amide bonds. The number of methoxy groups -OCH3 is 1. The summed E-state index contributed by atoms with van der Waals surface area (Å²) in [6.07, 6.45) is 0. The molecular weight excluding hydrogens is 401 g/mol. The summed E-state index contributed by atoms with van der Waals surface area (Å²) in [6, 6.07) is 8.10. The van der Waals surface area contributed by atoms with E-state index in [1.165, 1.54) is 13.2 Å². The monoisotopic (exact) mass is 417 g/mol. The second-order valence-electron chi connectivity index (χ2n) is 4.98. The molecule has 0 aliphatic carbocycles. The molecule has 0 saturated carbocycles. The van der Waals surface area contributed by atoms with E-state index >= 15 is 0 Å². The molecule has 0 aliphatic heterocycles. The van der Waals surface area contributed by atoms with Crippen molar-refractivity contribution in [3.8, 4) is 11.5 Å². The van der Waals surface area contributed by atoms with Gasteiger partial charge in [0.05, 0.1) is 18.7 Å². The van der Waals surface area contributed by atoms with Crippen LogP contribution >= 0.6 is 27.5 Å². The van der Waals surface area contributed by atoms with Crippen LogP contribution in [0.5, 0.6) is 11.5 Å². The van der Waals surface area contributed by atoms with Gasteiger partial charge >= 0.3 is 0 Å². The molecule has 0 bridgehead atoms. The zero-order valence-electron chi connectivity index (χ0n) is 13.1. The molecule has 0 saturated heterocycles. The Hall–Kier alpha value is -1.34. The van der Waals surface area contributed by atoms with Crippen molar-refractivity contribution in [2.24, 2.45) is 0 Å². The summed E-state index contributed by atoms with van der Waals surface area (Å²) in [4.78, 5) is 0. The Labute approximate surface area is 153 Å². The zero-order valence-corrected chi connectivity index (χ0v) is 15.5. The molecule has 0 unspecified atom stereocenters. The van der Waals surface area contributed by atoms with Crippen LogP contribution in [0.2, 0.25) is 5.02 Å². The number of benzene rings is 2. The maximum atomic E-state index is 13.8. The van der Waals surface area contributed by atoms with Crippen LogP contribution in [0.25, 0.3) is 0 Å². The molecule has 24 heavy (non-hydrogen) atoms. The second-order valence-corrected chi connectivity index (χ2v) is 6.25. The lowest BCUT2D eigenvalue weighted by molar-refractivity contribution is 0.279. The maximum absolute atomic E-state index is 13.8. The van der Waals surface area contributed by atoms with Gasteiger partial charge in [0.25, 0.3) is 0 Å². The van der Waals surface area contributed by atoms with Crippen LogP contribution in [-0.2, 0) is 13.2 Å². The molecule has 0 radical (unpaired) electrons. The molecule has 130 valence electrons. The standard InChI is InChI=1S/C17H18BrClFNO3/c1-23-16-7-11(9-21-5-6-22)13(18)8-17(16)24-10-12-14(19)3-2-4-15(12)20/h2-4,7-8,21-22H,5-6,9-10H2,1H3. The minimum Gasteiger partial charge on any atom is -0.493 e. The Bertz CT molecular complexity index is 680. The van der Waals surface area contributed by atoms with E-state index in [0.29, 0.717) is 35.2 Å². The number of nitrogens with one attached hydrogen (secondary N) is 1. The normalized spacial score (nSPS) is 10.7. The molecule has 0 fully saturated rings. The predicted octanol–water partition coefficient (Wildman–Crippen LogP) is 3.91. The van der Waals surface area contributed by atoms with E-state index in [1.54, 1.807) is 18.2 Å². The van der Waals surface area contributed by atoms with Gasteiger partial charge in [-0.1, -0.05) is 33.6 Å². The topological polar surface area (TPSA) is 50.7 Å². The third-order valence-electron chi connectivity index (χ3n) is 3.37. The minimum atomic E-state index is -0.412. The van der Waals surface area contributed by atoms with Gasteiger partial charge in [0, 0.05) is 23.1 Å². The third-order valence-corrected chi connectivity index (χ3v) is 4.46. The molecule has 2 aromatic rings. The van der Waals surface area contributed by atoms with Gasteiger partial charge in [-0.15, -0.1) is 0 Å². The lowest BCUT2D eigenvalue weighted by atomic mass is 10.2. The molecule has 2 N–H and O–H groups in total. The van der Waals surface area contributed by atoms with Crippen LogP contribution in [0.3, 0.4) is 0 Å². The molecule has 0 spiro atoms. The number of rotatable bonds is 8. The summed E-state index contributed by atoms with van der Waals surface area (Å²) in [5.41, 5.74) is 1.25. The highest BCUT2D eigenvalue weighted by molar-refractivity contribution is 9.10. The second kappa shape index (κ2) is 9.22. The van der Waals surface area contributed by atoms with Crippen LogP contribution in [0.4, 0.5) is 4.39 Å². The summed E-state index contributed by atoms with van der Waals surface area (Å²) >= 11 is 9.49. The average Bonchev–Trinajstić information content (AvgIpc) is 2.56. The summed E-state index contributed by atoms with van der Waals surface area (Å²) < 4.78 is 25.7. The van der Waals surface area contributed by atoms with Gasteiger partial charge in [-0.25, -0.2) is 4.39 Å². The molecule has 4 nitrogen and oxygen atoms in total. The average molecular weight is 419 g/mol. The molecule has 0 heterocycles. The van der Waals surface area contributed by atoms with E-state index in [4.69, 9.17) is 26.2 Å². The van der Waals surface area contributed by atoms with Gasteiger partial charge in [-0.3, -0.25) is 0 Å². The highest BCUT2D eigenvalue weighted by Gasteiger charge is 2.13. The van der Waals surface area contributed by atoms with Gasteiger partial charge in [0.1, 0.15) is 12.4 Å². The zero-order chi connectivity index (χ0) is 17.5. The van der Waals surface area contributed by atoms with Crippen molar-refractivity contribution in [3.63, 3.8) is 0 Å². The maximum Gasteiger partial charge on any atom is 0.162 e. The molecule has 7 heteroatoms. The first-order chi connectivity index (χ1) is 11.6.